The van der Waals surface area contributed by atoms with E-state index in [0.29, 0.717) is 55.7 Å². The zero-order valence-corrected chi connectivity index (χ0v) is 22.7. The molecule has 0 spiro atoms. The SMILES string of the molecule is CCNC(=O)c1noc(-c2cc(C(C)C)c(O)cc2O)c1-c1ccc2c(c1)CCN(C(=O)CCN(C)C)C2. The summed E-state index contributed by atoms with van der Waals surface area (Å²) in [5.41, 5.74) is 4.46. The lowest BCUT2D eigenvalue weighted by atomic mass is 9.91. The zero-order valence-electron chi connectivity index (χ0n) is 22.7. The van der Waals surface area contributed by atoms with Crippen molar-refractivity contribution >= 4 is 11.8 Å². The Bertz CT molecular complexity index is 1340. The molecule has 1 aromatic heterocycles. The largest absolute Gasteiger partial charge is 0.508 e. The normalized spacial score (nSPS) is 13.2. The molecule has 202 valence electrons. The molecule has 0 saturated heterocycles. The molecule has 0 unspecified atom stereocenters. The summed E-state index contributed by atoms with van der Waals surface area (Å²) in [6.45, 7) is 8.00. The van der Waals surface area contributed by atoms with Gasteiger partial charge in [0.25, 0.3) is 5.91 Å². The van der Waals surface area contributed by atoms with Gasteiger partial charge in [0.15, 0.2) is 11.5 Å². The summed E-state index contributed by atoms with van der Waals surface area (Å²) in [6, 6.07) is 8.85. The van der Waals surface area contributed by atoms with Crippen molar-refractivity contribution in [2.45, 2.75) is 46.1 Å². The summed E-state index contributed by atoms with van der Waals surface area (Å²) in [5.74, 6) is -0.175. The third kappa shape index (κ3) is 5.52. The predicted molar refractivity (Wildman–Crippen MR) is 145 cm³/mol. The topological polar surface area (TPSA) is 119 Å². The fourth-order valence-corrected chi connectivity index (χ4v) is 4.78. The number of hydrogen-bond acceptors (Lipinski definition) is 7. The molecule has 0 bridgehead atoms. The van der Waals surface area contributed by atoms with E-state index >= 15 is 0 Å². The molecule has 9 heteroatoms. The Kier molecular flexibility index (Phi) is 8.06. The van der Waals surface area contributed by atoms with Gasteiger partial charge in [0.05, 0.1) is 11.1 Å². The Morgan fingerprint density at radius 2 is 1.89 bits per heavy atom. The summed E-state index contributed by atoms with van der Waals surface area (Å²) in [7, 11) is 3.91. The molecule has 2 aromatic carbocycles. The highest BCUT2D eigenvalue weighted by atomic mass is 16.5. The molecule has 0 fully saturated rings. The Balaban J connectivity index is 1.75. The summed E-state index contributed by atoms with van der Waals surface area (Å²) >= 11 is 0. The first-order valence-electron chi connectivity index (χ1n) is 13.0. The van der Waals surface area contributed by atoms with Crippen LogP contribution >= 0.6 is 0 Å². The summed E-state index contributed by atoms with van der Waals surface area (Å²) in [4.78, 5) is 29.5. The molecule has 0 radical (unpaired) electrons. The van der Waals surface area contributed by atoms with Gasteiger partial charge in [-0.3, -0.25) is 9.59 Å². The molecule has 0 saturated carbocycles. The van der Waals surface area contributed by atoms with Crippen LogP contribution in [-0.2, 0) is 17.8 Å². The van der Waals surface area contributed by atoms with Crippen molar-refractivity contribution in [1.29, 1.82) is 0 Å². The molecular weight excluding hydrogens is 484 g/mol. The third-order valence-electron chi connectivity index (χ3n) is 6.89. The number of phenols is 2. The maximum atomic E-state index is 12.9. The van der Waals surface area contributed by atoms with E-state index in [2.05, 4.69) is 10.5 Å². The van der Waals surface area contributed by atoms with E-state index in [1.54, 1.807) is 6.07 Å². The van der Waals surface area contributed by atoms with Crippen molar-refractivity contribution in [3.05, 3.63) is 52.7 Å². The Labute approximate surface area is 223 Å². The standard InChI is InChI=1S/C29H36N4O5/c1-6-30-29(37)27-26(28(38-31-27)22-14-21(17(2)3)23(34)15-24(22)35)19-7-8-20-16-33(12-9-18(20)13-19)25(36)10-11-32(4)5/h7-8,13-15,17,34-35H,6,9-12,16H2,1-5H3,(H,30,37). The third-order valence-corrected chi connectivity index (χ3v) is 6.89. The van der Waals surface area contributed by atoms with Crippen LogP contribution in [0.25, 0.3) is 22.5 Å². The van der Waals surface area contributed by atoms with Gasteiger partial charge in [-0.05, 0) is 61.7 Å². The van der Waals surface area contributed by atoms with E-state index < -0.39 is 0 Å². The van der Waals surface area contributed by atoms with E-state index in [1.165, 1.54) is 6.07 Å². The van der Waals surface area contributed by atoms with E-state index in [9.17, 15) is 19.8 Å². The average Bonchev–Trinajstić information content (AvgIpc) is 3.31. The summed E-state index contributed by atoms with van der Waals surface area (Å²) in [6.07, 6.45) is 1.17. The summed E-state index contributed by atoms with van der Waals surface area (Å²) in [5, 5.41) is 27.9. The number of aromatic hydroxyl groups is 2. The lowest BCUT2D eigenvalue weighted by Crippen LogP contribution is -2.37. The fraction of sp³-hybridized carbons (Fsp3) is 0.414. The van der Waals surface area contributed by atoms with Gasteiger partial charge in [0.1, 0.15) is 11.5 Å². The van der Waals surface area contributed by atoms with Gasteiger partial charge in [-0.15, -0.1) is 0 Å². The first-order chi connectivity index (χ1) is 18.1. The van der Waals surface area contributed by atoms with E-state index in [4.69, 9.17) is 4.52 Å². The molecule has 3 N–H and O–H groups in total. The van der Waals surface area contributed by atoms with Crippen molar-refractivity contribution < 1.29 is 24.3 Å². The van der Waals surface area contributed by atoms with Crippen molar-refractivity contribution in [3.8, 4) is 33.9 Å². The average molecular weight is 521 g/mol. The number of phenolic OH excluding ortho intramolecular Hbond substituents is 2. The van der Waals surface area contributed by atoms with E-state index in [0.717, 1.165) is 16.7 Å². The number of fused-ring (bicyclic) bond motifs is 1. The van der Waals surface area contributed by atoms with Gasteiger partial charge < -0.3 is 29.9 Å². The maximum Gasteiger partial charge on any atom is 0.274 e. The van der Waals surface area contributed by atoms with Gasteiger partial charge >= 0.3 is 0 Å². The molecule has 4 rings (SSSR count). The van der Waals surface area contributed by atoms with Gasteiger partial charge in [-0.25, -0.2) is 0 Å². The minimum absolute atomic E-state index is 0.00397. The van der Waals surface area contributed by atoms with Gasteiger partial charge in [-0.1, -0.05) is 37.2 Å². The molecule has 1 aliphatic heterocycles. The van der Waals surface area contributed by atoms with Crippen molar-refractivity contribution in [2.75, 3.05) is 33.7 Å². The van der Waals surface area contributed by atoms with Gasteiger partial charge in [-0.2, -0.15) is 0 Å². The highest BCUT2D eigenvalue weighted by molar-refractivity contribution is 6.02. The van der Waals surface area contributed by atoms with Crippen molar-refractivity contribution in [3.63, 3.8) is 0 Å². The maximum absolute atomic E-state index is 12.9. The van der Waals surface area contributed by atoms with Crippen LogP contribution in [0.3, 0.4) is 0 Å². The second-order valence-electron chi connectivity index (χ2n) is 10.3. The highest BCUT2D eigenvalue weighted by Crippen LogP contribution is 2.43. The number of nitrogens with zero attached hydrogens (tertiary/aromatic N) is 3. The monoisotopic (exact) mass is 520 g/mol. The van der Waals surface area contributed by atoms with Gasteiger partial charge in [0, 0.05) is 38.7 Å². The number of hydrogen-bond donors (Lipinski definition) is 3. The van der Waals surface area contributed by atoms with E-state index in [-0.39, 0.29) is 40.7 Å². The number of nitrogens with one attached hydrogen (secondary N) is 1. The molecule has 2 amide bonds. The minimum atomic E-state index is -0.379. The first kappa shape index (κ1) is 27.2. The van der Waals surface area contributed by atoms with Crippen LogP contribution in [0.2, 0.25) is 0 Å². The van der Waals surface area contributed by atoms with Crippen LogP contribution in [0.4, 0.5) is 0 Å². The molecule has 0 atom stereocenters. The molecule has 0 aliphatic carbocycles. The molecule has 2 heterocycles. The minimum Gasteiger partial charge on any atom is -0.508 e. The number of carbonyl (C=O) groups excluding carboxylic acids is 2. The molecule has 3 aromatic rings. The van der Waals surface area contributed by atoms with Gasteiger partial charge in [0.2, 0.25) is 5.91 Å². The first-order valence-corrected chi connectivity index (χ1v) is 13.0. The van der Waals surface area contributed by atoms with Crippen molar-refractivity contribution in [1.82, 2.24) is 20.3 Å². The lowest BCUT2D eigenvalue weighted by molar-refractivity contribution is -0.132. The second kappa shape index (κ2) is 11.3. The van der Waals surface area contributed by atoms with Crippen LogP contribution in [0.15, 0.2) is 34.9 Å². The number of aromatic nitrogens is 1. The molecule has 9 nitrogen and oxygen atoms in total. The number of rotatable bonds is 8. The Hall–Kier alpha value is -3.85. The predicted octanol–water partition coefficient (Wildman–Crippen LogP) is 4.13. The summed E-state index contributed by atoms with van der Waals surface area (Å²) < 4.78 is 5.69. The highest BCUT2D eigenvalue weighted by Gasteiger charge is 2.28. The lowest BCUT2D eigenvalue weighted by Gasteiger charge is -2.29. The van der Waals surface area contributed by atoms with Crippen LogP contribution in [0.1, 0.15) is 60.3 Å². The number of benzene rings is 2. The van der Waals surface area contributed by atoms with Crippen molar-refractivity contribution in [2.24, 2.45) is 0 Å². The van der Waals surface area contributed by atoms with Crippen LogP contribution in [0, 0.1) is 0 Å². The molecular formula is C29H36N4O5. The number of amides is 2. The Morgan fingerprint density at radius 3 is 2.58 bits per heavy atom. The fourth-order valence-electron chi connectivity index (χ4n) is 4.78. The zero-order chi connectivity index (χ0) is 27.6. The smallest absolute Gasteiger partial charge is 0.274 e. The van der Waals surface area contributed by atoms with E-state index in [1.807, 2.05) is 62.9 Å². The number of carbonyl (C=O) groups is 2. The second-order valence-corrected chi connectivity index (χ2v) is 10.3. The Morgan fingerprint density at radius 1 is 1.13 bits per heavy atom. The molecule has 1 aliphatic rings. The van der Waals surface area contributed by atoms with Crippen LogP contribution < -0.4 is 5.32 Å². The molecule has 38 heavy (non-hydrogen) atoms. The van der Waals surface area contributed by atoms with Crippen LogP contribution in [-0.4, -0.2) is 70.7 Å². The van der Waals surface area contributed by atoms with Crippen LogP contribution in [0.5, 0.6) is 11.5 Å². The quantitative estimate of drug-likeness (QED) is 0.409.